The summed E-state index contributed by atoms with van der Waals surface area (Å²) in [5, 5.41) is 3.12. The molecule has 176 valence electrons. The average Bonchev–Trinajstić information content (AvgIpc) is 3.20. The van der Waals surface area contributed by atoms with E-state index in [9.17, 15) is 17.6 Å². The SMILES string of the molecule is CNC(=O)c1c(-c2ccc(F)cc2)oc2cc(N(C)S(C)(=O)=O)c(-c3ccc(OC)cc3)cc12. The molecule has 0 aliphatic carbocycles. The molecule has 1 aromatic heterocycles. The van der Waals surface area contributed by atoms with Gasteiger partial charge in [-0.15, -0.1) is 0 Å². The monoisotopic (exact) mass is 482 g/mol. The Morgan fingerprint density at radius 1 is 1.03 bits per heavy atom. The van der Waals surface area contributed by atoms with Crippen molar-refractivity contribution in [3.63, 3.8) is 0 Å². The summed E-state index contributed by atoms with van der Waals surface area (Å²) in [6, 6.07) is 16.1. The van der Waals surface area contributed by atoms with Gasteiger partial charge in [0.2, 0.25) is 10.0 Å². The first-order chi connectivity index (χ1) is 16.1. The Balaban J connectivity index is 2.05. The summed E-state index contributed by atoms with van der Waals surface area (Å²) in [5.41, 5.74) is 2.79. The number of carbonyl (C=O) groups excluding carboxylic acids is 1. The number of nitrogens with one attached hydrogen (secondary N) is 1. The van der Waals surface area contributed by atoms with Crippen molar-refractivity contribution in [3.8, 4) is 28.2 Å². The van der Waals surface area contributed by atoms with Crippen LogP contribution in [0.5, 0.6) is 5.75 Å². The molecule has 0 saturated carbocycles. The van der Waals surface area contributed by atoms with Crippen molar-refractivity contribution in [2.24, 2.45) is 0 Å². The van der Waals surface area contributed by atoms with E-state index in [1.54, 1.807) is 43.5 Å². The lowest BCUT2D eigenvalue weighted by atomic mass is 9.98. The van der Waals surface area contributed by atoms with Gasteiger partial charge in [-0.05, 0) is 48.0 Å². The van der Waals surface area contributed by atoms with Gasteiger partial charge in [0.25, 0.3) is 5.91 Å². The second kappa shape index (κ2) is 8.83. The topological polar surface area (TPSA) is 88.9 Å². The van der Waals surface area contributed by atoms with Crippen LogP contribution in [-0.4, -0.2) is 41.8 Å². The molecule has 1 heterocycles. The predicted octanol–water partition coefficient (Wildman–Crippen LogP) is 4.67. The summed E-state index contributed by atoms with van der Waals surface area (Å²) in [6.07, 6.45) is 1.11. The molecule has 0 atom stereocenters. The molecule has 4 aromatic rings. The molecule has 0 bridgehead atoms. The van der Waals surface area contributed by atoms with Crippen LogP contribution in [0.1, 0.15) is 10.4 Å². The van der Waals surface area contributed by atoms with Crippen LogP contribution in [0, 0.1) is 5.82 Å². The molecule has 4 rings (SSSR count). The molecule has 0 saturated heterocycles. The third-order valence-electron chi connectivity index (χ3n) is 5.60. The molecule has 7 nitrogen and oxygen atoms in total. The van der Waals surface area contributed by atoms with Gasteiger partial charge < -0.3 is 14.5 Å². The molecule has 0 aliphatic heterocycles. The van der Waals surface area contributed by atoms with E-state index in [4.69, 9.17) is 9.15 Å². The van der Waals surface area contributed by atoms with Crippen LogP contribution >= 0.6 is 0 Å². The number of nitrogens with zero attached hydrogens (tertiary/aromatic N) is 1. The second-order valence-corrected chi connectivity index (χ2v) is 9.73. The molecular formula is C25H23FN2O5S. The van der Waals surface area contributed by atoms with Crippen LogP contribution in [-0.2, 0) is 10.0 Å². The highest BCUT2D eigenvalue weighted by atomic mass is 32.2. The normalized spacial score (nSPS) is 11.4. The van der Waals surface area contributed by atoms with Gasteiger partial charge in [0.1, 0.15) is 22.9 Å². The van der Waals surface area contributed by atoms with E-state index < -0.39 is 15.8 Å². The minimum absolute atomic E-state index is 0.259. The molecule has 3 aromatic carbocycles. The highest BCUT2D eigenvalue weighted by Gasteiger charge is 2.25. The number of furan rings is 1. The first kappa shape index (κ1) is 23.3. The lowest BCUT2D eigenvalue weighted by molar-refractivity contribution is 0.0964. The zero-order valence-corrected chi connectivity index (χ0v) is 19.9. The van der Waals surface area contributed by atoms with Crippen molar-refractivity contribution in [1.29, 1.82) is 0 Å². The van der Waals surface area contributed by atoms with Gasteiger partial charge >= 0.3 is 0 Å². The molecule has 9 heteroatoms. The van der Waals surface area contributed by atoms with Gasteiger partial charge in [-0.25, -0.2) is 12.8 Å². The van der Waals surface area contributed by atoms with Gasteiger partial charge in [-0.3, -0.25) is 9.10 Å². The standard InChI is InChI=1S/C25H23FN2O5S/c1-27-25(29)23-20-13-19(15-7-11-18(32-3)12-8-15)21(28(2)34(4,30)31)14-22(20)33-24(23)16-5-9-17(26)10-6-16/h5-14H,1-4H3,(H,27,29). The van der Waals surface area contributed by atoms with E-state index >= 15 is 0 Å². The lowest BCUT2D eigenvalue weighted by Gasteiger charge is -2.20. The molecule has 0 fully saturated rings. The smallest absolute Gasteiger partial charge is 0.255 e. The summed E-state index contributed by atoms with van der Waals surface area (Å²) < 4.78 is 50.8. The maximum absolute atomic E-state index is 13.5. The third-order valence-corrected chi connectivity index (χ3v) is 6.80. The Labute approximate surface area is 196 Å². The maximum Gasteiger partial charge on any atom is 0.255 e. The number of methoxy groups -OCH3 is 1. The van der Waals surface area contributed by atoms with Crippen molar-refractivity contribution < 1.29 is 26.8 Å². The number of halogens is 1. The summed E-state index contributed by atoms with van der Waals surface area (Å²) in [5.74, 6) is 0.105. The van der Waals surface area contributed by atoms with Crippen molar-refractivity contribution in [2.75, 3.05) is 31.8 Å². The fourth-order valence-corrected chi connectivity index (χ4v) is 4.24. The fourth-order valence-electron chi connectivity index (χ4n) is 3.73. The largest absolute Gasteiger partial charge is 0.497 e. The van der Waals surface area contributed by atoms with Crippen LogP contribution in [0.25, 0.3) is 33.4 Å². The van der Waals surface area contributed by atoms with E-state index in [0.717, 1.165) is 16.1 Å². The Morgan fingerprint density at radius 2 is 1.65 bits per heavy atom. The highest BCUT2D eigenvalue weighted by Crippen LogP contribution is 2.41. The van der Waals surface area contributed by atoms with Gasteiger partial charge in [0, 0.05) is 36.7 Å². The Kier molecular flexibility index (Phi) is 6.05. The number of benzene rings is 3. The number of rotatable bonds is 6. The number of anilines is 1. The third kappa shape index (κ3) is 4.22. The van der Waals surface area contributed by atoms with E-state index in [2.05, 4.69) is 5.32 Å². The predicted molar refractivity (Wildman–Crippen MR) is 130 cm³/mol. The van der Waals surface area contributed by atoms with Crippen molar-refractivity contribution in [3.05, 3.63) is 72.0 Å². The number of sulfonamides is 1. The van der Waals surface area contributed by atoms with Crippen molar-refractivity contribution in [1.82, 2.24) is 5.32 Å². The fraction of sp³-hybridized carbons (Fsp3) is 0.160. The number of hydrogen-bond acceptors (Lipinski definition) is 5. The van der Waals surface area contributed by atoms with E-state index in [1.165, 1.54) is 38.4 Å². The van der Waals surface area contributed by atoms with Crippen LogP contribution < -0.4 is 14.4 Å². The van der Waals surface area contributed by atoms with Crippen LogP contribution in [0.4, 0.5) is 10.1 Å². The molecular weight excluding hydrogens is 459 g/mol. The van der Waals surface area contributed by atoms with E-state index in [-0.39, 0.29) is 17.2 Å². The van der Waals surface area contributed by atoms with E-state index in [0.29, 0.717) is 33.5 Å². The molecule has 1 amide bonds. The molecule has 34 heavy (non-hydrogen) atoms. The summed E-state index contributed by atoms with van der Waals surface area (Å²) >= 11 is 0. The van der Waals surface area contributed by atoms with Crippen molar-refractivity contribution in [2.45, 2.75) is 0 Å². The number of fused-ring (bicyclic) bond motifs is 1. The Bertz CT molecular complexity index is 1480. The number of amides is 1. The summed E-state index contributed by atoms with van der Waals surface area (Å²) in [6.45, 7) is 0. The first-order valence-electron chi connectivity index (χ1n) is 10.3. The molecule has 1 N–H and O–H groups in total. The molecule has 0 unspecified atom stereocenters. The van der Waals surface area contributed by atoms with Gasteiger partial charge in [0.05, 0.1) is 24.6 Å². The van der Waals surface area contributed by atoms with Crippen LogP contribution in [0.3, 0.4) is 0 Å². The van der Waals surface area contributed by atoms with E-state index in [1.807, 2.05) is 0 Å². The first-order valence-corrected chi connectivity index (χ1v) is 12.2. The summed E-state index contributed by atoms with van der Waals surface area (Å²) in [4.78, 5) is 12.9. The summed E-state index contributed by atoms with van der Waals surface area (Å²) in [7, 11) is 0.912. The van der Waals surface area contributed by atoms with Gasteiger partial charge in [-0.1, -0.05) is 12.1 Å². The minimum atomic E-state index is -3.60. The number of hydrogen-bond donors (Lipinski definition) is 1. The molecule has 0 radical (unpaired) electrons. The van der Waals surface area contributed by atoms with Gasteiger partial charge in [-0.2, -0.15) is 0 Å². The highest BCUT2D eigenvalue weighted by molar-refractivity contribution is 7.92. The lowest BCUT2D eigenvalue weighted by Crippen LogP contribution is -2.25. The average molecular weight is 483 g/mol. The quantitative estimate of drug-likeness (QED) is 0.432. The Hall–Kier alpha value is -3.85. The number of ether oxygens (including phenoxy) is 1. The molecule has 0 spiro atoms. The zero-order valence-electron chi connectivity index (χ0n) is 19.0. The van der Waals surface area contributed by atoms with Crippen molar-refractivity contribution >= 4 is 32.6 Å². The number of carbonyl (C=O) groups is 1. The maximum atomic E-state index is 13.5. The van der Waals surface area contributed by atoms with Crippen LogP contribution in [0.15, 0.2) is 65.1 Å². The zero-order chi connectivity index (χ0) is 24.6. The second-order valence-electron chi connectivity index (χ2n) is 7.72. The minimum Gasteiger partial charge on any atom is -0.497 e. The Morgan fingerprint density at radius 3 is 2.21 bits per heavy atom. The van der Waals surface area contributed by atoms with Crippen LogP contribution in [0.2, 0.25) is 0 Å². The van der Waals surface area contributed by atoms with Gasteiger partial charge in [0.15, 0.2) is 0 Å². The molecule has 0 aliphatic rings.